The molecule has 0 saturated carbocycles. The van der Waals surface area contributed by atoms with Gasteiger partial charge in [0.25, 0.3) is 11.5 Å². The average molecular weight is 423 g/mol. The van der Waals surface area contributed by atoms with E-state index in [1.165, 1.54) is 26.1 Å². The number of aromatic nitrogens is 1. The fourth-order valence-electron chi connectivity index (χ4n) is 2.38. The Morgan fingerprint density at radius 3 is 2.73 bits per heavy atom. The lowest BCUT2D eigenvalue weighted by Gasteiger charge is -2.12. The highest BCUT2D eigenvalue weighted by molar-refractivity contribution is 9.10. The number of methoxy groups -OCH3 is 1. The molecule has 0 spiro atoms. The Morgan fingerprint density at radius 1 is 1.19 bits per heavy atom. The highest BCUT2D eigenvalue weighted by Gasteiger charge is 2.13. The lowest BCUT2D eigenvalue weighted by molar-refractivity contribution is 0.102. The summed E-state index contributed by atoms with van der Waals surface area (Å²) < 4.78 is 11.7. The van der Waals surface area contributed by atoms with Gasteiger partial charge in [0.15, 0.2) is 11.5 Å². The molecule has 7 heteroatoms. The summed E-state index contributed by atoms with van der Waals surface area (Å²) in [6.45, 7) is 2.77. The molecule has 0 aliphatic heterocycles. The summed E-state index contributed by atoms with van der Waals surface area (Å²) in [6.07, 6.45) is 5.97. The van der Waals surface area contributed by atoms with E-state index >= 15 is 0 Å². The van der Waals surface area contributed by atoms with Gasteiger partial charge in [-0.05, 0) is 46.6 Å². The zero-order valence-electron chi connectivity index (χ0n) is 14.9. The van der Waals surface area contributed by atoms with Crippen LogP contribution in [0.25, 0.3) is 0 Å². The molecule has 0 atom stereocenters. The topological polar surface area (TPSA) is 80.4 Å². The maximum atomic E-state index is 12.4. The SMILES string of the molecule is CCCCCCOc1ccc(C(=O)Nc2cc(Br)c[nH]c2=O)cc1OC. The Bertz CT molecular complexity index is 804. The number of ether oxygens (including phenoxy) is 2. The minimum Gasteiger partial charge on any atom is -0.493 e. The van der Waals surface area contributed by atoms with Crippen molar-refractivity contribution < 1.29 is 14.3 Å². The van der Waals surface area contributed by atoms with E-state index in [0.29, 0.717) is 28.1 Å². The minimum absolute atomic E-state index is 0.166. The molecule has 1 heterocycles. The smallest absolute Gasteiger partial charge is 0.271 e. The summed E-state index contributed by atoms with van der Waals surface area (Å²) in [5.74, 6) is 0.679. The average Bonchev–Trinajstić information content (AvgIpc) is 2.64. The number of aromatic amines is 1. The zero-order chi connectivity index (χ0) is 18.9. The second kappa shape index (κ2) is 10.0. The van der Waals surface area contributed by atoms with Crippen LogP contribution >= 0.6 is 15.9 Å². The summed E-state index contributed by atoms with van der Waals surface area (Å²) in [4.78, 5) is 26.7. The first kappa shape index (κ1) is 20.0. The molecule has 0 fully saturated rings. The summed E-state index contributed by atoms with van der Waals surface area (Å²) in [6, 6.07) is 6.49. The first-order valence-electron chi connectivity index (χ1n) is 8.55. The number of unbranched alkanes of at least 4 members (excludes halogenated alkanes) is 3. The standard InChI is InChI=1S/C19H23BrN2O4/c1-3-4-5-6-9-26-16-8-7-13(10-17(16)25-2)18(23)22-15-11-14(20)12-21-19(15)24/h7-8,10-12H,3-6,9H2,1-2H3,(H,21,24)(H,22,23). The molecule has 140 valence electrons. The Hall–Kier alpha value is -2.28. The number of rotatable bonds is 9. The fourth-order valence-corrected chi connectivity index (χ4v) is 2.73. The van der Waals surface area contributed by atoms with E-state index in [1.807, 2.05) is 0 Å². The predicted octanol–water partition coefficient (Wildman–Crippen LogP) is 4.36. The Labute approximate surface area is 161 Å². The third-order valence-electron chi connectivity index (χ3n) is 3.80. The van der Waals surface area contributed by atoms with Crippen molar-refractivity contribution in [2.24, 2.45) is 0 Å². The van der Waals surface area contributed by atoms with E-state index in [-0.39, 0.29) is 11.2 Å². The van der Waals surface area contributed by atoms with E-state index < -0.39 is 5.91 Å². The molecule has 2 N–H and O–H groups in total. The molecule has 0 unspecified atom stereocenters. The van der Waals surface area contributed by atoms with Gasteiger partial charge in [-0.15, -0.1) is 0 Å². The quantitative estimate of drug-likeness (QED) is 0.588. The number of carbonyl (C=O) groups is 1. The van der Waals surface area contributed by atoms with Crippen molar-refractivity contribution in [2.75, 3.05) is 19.0 Å². The molecule has 0 bridgehead atoms. The van der Waals surface area contributed by atoms with E-state index in [2.05, 4.69) is 33.2 Å². The van der Waals surface area contributed by atoms with Crippen LogP contribution < -0.4 is 20.3 Å². The van der Waals surface area contributed by atoms with Gasteiger partial charge in [0, 0.05) is 16.2 Å². The molecule has 0 aliphatic rings. The van der Waals surface area contributed by atoms with Gasteiger partial charge in [-0.2, -0.15) is 0 Å². The van der Waals surface area contributed by atoms with Gasteiger partial charge < -0.3 is 19.8 Å². The van der Waals surface area contributed by atoms with Gasteiger partial charge in [0.2, 0.25) is 0 Å². The summed E-state index contributed by atoms with van der Waals surface area (Å²) in [7, 11) is 1.53. The zero-order valence-corrected chi connectivity index (χ0v) is 16.5. The predicted molar refractivity (Wildman–Crippen MR) is 105 cm³/mol. The molecule has 26 heavy (non-hydrogen) atoms. The number of nitrogens with one attached hydrogen (secondary N) is 2. The highest BCUT2D eigenvalue weighted by Crippen LogP contribution is 2.28. The molecule has 2 aromatic rings. The van der Waals surface area contributed by atoms with E-state index in [1.54, 1.807) is 24.3 Å². The molecular formula is C19H23BrN2O4. The van der Waals surface area contributed by atoms with Crippen molar-refractivity contribution in [3.63, 3.8) is 0 Å². The van der Waals surface area contributed by atoms with Gasteiger partial charge in [-0.25, -0.2) is 0 Å². The van der Waals surface area contributed by atoms with E-state index in [0.717, 1.165) is 12.8 Å². The van der Waals surface area contributed by atoms with E-state index in [4.69, 9.17) is 9.47 Å². The van der Waals surface area contributed by atoms with Crippen molar-refractivity contribution in [3.05, 3.63) is 50.9 Å². The van der Waals surface area contributed by atoms with Crippen molar-refractivity contribution in [1.82, 2.24) is 4.98 Å². The van der Waals surface area contributed by atoms with Crippen LogP contribution in [0.1, 0.15) is 43.0 Å². The van der Waals surface area contributed by atoms with Crippen molar-refractivity contribution in [3.8, 4) is 11.5 Å². The molecule has 1 aromatic carbocycles. The lowest BCUT2D eigenvalue weighted by Crippen LogP contribution is -2.19. The highest BCUT2D eigenvalue weighted by atomic mass is 79.9. The molecule has 1 aromatic heterocycles. The number of benzene rings is 1. The molecule has 0 aliphatic carbocycles. The van der Waals surface area contributed by atoms with E-state index in [9.17, 15) is 9.59 Å². The minimum atomic E-state index is -0.401. The number of hydrogen-bond donors (Lipinski definition) is 2. The van der Waals surface area contributed by atoms with Gasteiger partial charge in [-0.3, -0.25) is 9.59 Å². The van der Waals surface area contributed by atoms with Crippen LogP contribution in [0.5, 0.6) is 11.5 Å². The van der Waals surface area contributed by atoms with Crippen molar-refractivity contribution in [1.29, 1.82) is 0 Å². The van der Waals surface area contributed by atoms with Crippen molar-refractivity contribution >= 4 is 27.5 Å². The maximum absolute atomic E-state index is 12.4. The van der Waals surface area contributed by atoms with Gasteiger partial charge >= 0.3 is 0 Å². The molecule has 2 rings (SSSR count). The second-order valence-corrected chi connectivity index (χ2v) is 6.71. The van der Waals surface area contributed by atoms with Crippen LogP contribution in [0, 0.1) is 0 Å². The molecule has 1 amide bonds. The third kappa shape index (κ3) is 5.62. The molecule has 0 saturated heterocycles. The number of carbonyl (C=O) groups excluding carboxylic acids is 1. The van der Waals surface area contributed by atoms with Crippen molar-refractivity contribution in [2.45, 2.75) is 32.6 Å². The monoisotopic (exact) mass is 422 g/mol. The van der Waals surface area contributed by atoms with Gasteiger partial charge in [0.1, 0.15) is 5.69 Å². The van der Waals surface area contributed by atoms with Crippen LogP contribution in [0.2, 0.25) is 0 Å². The van der Waals surface area contributed by atoms with Crippen LogP contribution in [0.3, 0.4) is 0 Å². The number of H-pyrrole nitrogens is 1. The van der Waals surface area contributed by atoms with Crippen LogP contribution in [0.4, 0.5) is 5.69 Å². The maximum Gasteiger partial charge on any atom is 0.271 e. The number of pyridine rings is 1. The first-order valence-corrected chi connectivity index (χ1v) is 9.35. The molecule has 6 nitrogen and oxygen atoms in total. The fraction of sp³-hybridized carbons (Fsp3) is 0.368. The number of amides is 1. The van der Waals surface area contributed by atoms with Crippen LogP contribution in [-0.2, 0) is 0 Å². The second-order valence-electron chi connectivity index (χ2n) is 5.79. The van der Waals surface area contributed by atoms with Crippen LogP contribution in [-0.4, -0.2) is 24.6 Å². The summed E-state index contributed by atoms with van der Waals surface area (Å²) in [5.41, 5.74) is 0.166. The first-order chi connectivity index (χ1) is 12.5. The molecule has 0 radical (unpaired) electrons. The number of halogens is 1. The largest absolute Gasteiger partial charge is 0.493 e. The van der Waals surface area contributed by atoms with Gasteiger partial charge in [0.05, 0.1) is 13.7 Å². The normalized spacial score (nSPS) is 10.4. The summed E-state index contributed by atoms with van der Waals surface area (Å²) >= 11 is 3.26. The Kier molecular flexibility index (Phi) is 7.72. The summed E-state index contributed by atoms with van der Waals surface area (Å²) in [5, 5.41) is 2.60. The Morgan fingerprint density at radius 2 is 2.00 bits per heavy atom. The molecular weight excluding hydrogens is 400 g/mol. The number of anilines is 1. The van der Waals surface area contributed by atoms with Crippen LogP contribution in [0.15, 0.2) is 39.7 Å². The number of hydrogen-bond acceptors (Lipinski definition) is 4. The Balaban J connectivity index is 2.06. The van der Waals surface area contributed by atoms with Gasteiger partial charge in [-0.1, -0.05) is 26.2 Å². The third-order valence-corrected chi connectivity index (χ3v) is 4.26. The lowest BCUT2D eigenvalue weighted by atomic mass is 10.2.